The molecule has 0 atom stereocenters. The number of nitrogens with two attached hydrogens (primary N) is 1. The van der Waals surface area contributed by atoms with Crippen molar-refractivity contribution in [3.63, 3.8) is 0 Å². The van der Waals surface area contributed by atoms with Gasteiger partial charge in [0.15, 0.2) is 0 Å². The lowest BCUT2D eigenvalue weighted by molar-refractivity contribution is -0.135. The molecule has 0 saturated carbocycles. The van der Waals surface area contributed by atoms with Crippen molar-refractivity contribution in [2.24, 2.45) is 5.73 Å². The van der Waals surface area contributed by atoms with E-state index in [1.165, 1.54) is 0 Å². The Morgan fingerprint density at radius 1 is 0.522 bits per heavy atom. The van der Waals surface area contributed by atoms with Crippen LogP contribution in [0.2, 0.25) is 0 Å². The van der Waals surface area contributed by atoms with Gasteiger partial charge in [0.25, 0.3) is 0 Å². The molecule has 0 spiro atoms. The van der Waals surface area contributed by atoms with Crippen LogP contribution in [0.3, 0.4) is 0 Å². The van der Waals surface area contributed by atoms with Crippen LogP contribution >= 0.6 is 0 Å². The predicted molar refractivity (Wildman–Crippen MR) is 118 cm³/mol. The molecule has 0 aromatic heterocycles. The van der Waals surface area contributed by atoms with Gasteiger partial charge in [0.05, 0.1) is 6.54 Å². The van der Waals surface area contributed by atoms with Gasteiger partial charge in [-0.2, -0.15) is 0 Å². The fourth-order valence-corrected chi connectivity index (χ4v) is 0. The normalized spacial score (nSPS) is 3.17. The smallest absolute Gasteiger partial charge is 0.317 e. The maximum atomic E-state index is 9.24. The summed E-state index contributed by atoms with van der Waals surface area (Å²) in [6, 6.07) is 0. The molecule has 0 heterocycles. The summed E-state index contributed by atoms with van der Waals surface area (Å²) in [6.07, 6.45) is 0. The molecule has 0 rings (SSSR count). The van der Waals surface area contributed by atoms with E-state index in [-0.39, 0.29) is 6.54 Å². The van der Waals surface area contributed by atoms with Crippen LogP contribution in [0, 0.1) is 0 Å². The molecule has 0 fully saturated rings. The van der Waals surface area contributed by atoms with Crippen molar-refractivity contribution >= 4 is 5.97 Å². The second kappa shape index (κ2) is 5260. The van der Waals surface area contributed by atoms with Crippen molar-refractivity contribution < 1.29 is 9.90 Å². The molecule has 0 aliphatic carbocycles. The monoisotopic (exact) mass is 327 g/mol. The van der Waals surface area contributed by atoms with Gasteiger partial charge in [0, 0.05) is 0 Å². The largest absolute Gasteiger partial charge is 0.480 e. The number of carboxylic acids is 1. The Hall–Kier alpha value is -2.91. The molecular formula is C20H41NO2. The molecule has 0 amide bonds. The van der Waals surface area contributed by atoms with Crippen LogP contribution in [0.5, 0.6) is 0 Å². The SMILES string of the molecule is C=C.C=C.C=C.C=C.C=C.C=C.C=C.C=C.C=C.NCC(=O)O. The van der Waals surface area contributed by atoms with E-state index >= 15 is 0 Å². The summed E-state index contributed by atoms with van der Waals surface area (Å²) in [7, 11) is 0. The van der Waals surface area contributed by atoms with Crippen molar-refractivity contribution in [3.8, 4) is 0 Å². The lowest BCUT2D eigenvalue weighted by Crippen LogP contribution is -2.10. The van der Waals surface area contributed by atoms with E-state index in [1.807, 2.05) is 0 Å². The number of rotatable bonds is 1. The third-order valence-electron chi connectivity index (χ3n) is 0.175. The van der Waals surface area contributed by atoms with Gasteiger partial charge < -0.3 is 10.8 Å². The summed E-state index contributed by atoms with van der Waals surface area (Å²) < 4.78 is 0. The summed E-state index contributed by atoms with van der Waals surface area (Å²) in [5.74, 6) is -0.968. The molecule has 3 N–H and O–H groups in total. The van der Waals surface area contributed by atoms with E-state index in [9.17, 15) is 4.79 Å². The Kier molecular flexibility index (Phi) is 16400. The molecule has 0 radical (unpaired) electrons. The molecule has 0 aliphatic heterocycles. The molecule has 0 saturated heterocycles. The van der Waals surface area contributed by atoms with E-state index in [0.717, 1.165) is 0 Å². The highest BCUT2D eigenvalue weighted by Crippen LogP contribution is 1.43. The minimum Gasteiger partial charge on any atom is -0.480 e. The Morgan fingerprint density at radius 3 is 0.565 bits per heavy atom. The first-order valence-corrected chi connectivity index (χ1v) is 5.69. The van der Waals surface area contributed by atoms with Gasteiger partial charge in [-0.1, -0.05) is 0 Å². The number of carbonyl (C=O) groups is 1. The first kappa shape index (κ1) is 71.9. The second-order valence-corrected chi connectivity index (χ2v) is 0.598. The van der Waals surface area contributed by atoms with Crippen LogP contribution < -0.4 is 5.73 Å². The minimum absolute atomic E-state index is 0.278. The van der Waals surface area contributed by atoms with Crippen LogP contribution in [0.25, 0.3) is 0 Å². The van der Waals surface area contributed by atoms with Crippen LogP contribution in [0.1, 0.15) is 0 Å². The highest BCUT2D eigenvalue weighted by Gasteiger charge is 1.81. The lowest BCUT2D eigenvalue weighted by Gasteiger charge is -1.73. The average Bonchev–Trinajstić information content (AvgIpc) is 2.75. The summed E-state index contributed by atoms with van der Waals surface area (Å²) in [5.41, 5.74) is 4.57. The molecule has 138 valence electrons. The van der Waals surface area contributed by atoms with Crippen molar-refractivity contribution in [1.29, 1.82) is 0 Å². The van der Waals surface area contributed by atoms with E-state index in [4.69, 9.17) is 5.11 Å². The quantitative estimate of drug-likeness (QED) is 0.559. The highest BCUT2D eigenvalue weighted by molar-refractivity contribution is 5.68. The van der Waals surface area contributed by atoms with Gasteiger partial charge in [-0.25, -0.2) is 0 Å². The topological polar surface area (TPSA) is 63.3 Å². The van der Waals surface area contributed by atoms with Crippen molar-refractivity contribution in [1.82, 2.24) is 0 Å². The third-order valence-corrected chi connectivity index (χ3v) is 0.175. The molecular weight excluding hydrogens is 286 g/mol. The first-order chi connectivity index (χ1) is 11.3. The van der Waals surface area contributed by atoms with Crippen molar-refractivity contribution in [2.45, 2.75) is 0 Å². The molecule has 3 heteroatoms. The Bertz CT molecular complexity index is 111. The maximum absolute atomic E-state index is 9.24. The van der Waals surface area contributed by atoms with Crippen molar-refractivity contribution in [3.05, 3.63) is 118 Å². The fourth-order valence-electron chi connectivity index (χ4n) is 0. The summed E-state index contributed by atoms with van der Waals surface area (Å²) in [4.78, 5) is 9.24. The summed E-state index contributed by atoms with van der Waals surface area (Å²) in [6.45, 7) is 53.7. The number of aliphatic carboxylic acids is 1. The Labute approximate surface area is 147 Å². The van der Waals surface area contributed by atoms with Gasteiger partial charge in [-0.05, 0) is 0 Å². The summed E-state index contributed by atoms with van der Waals surface area (Å²) >= 11 is 0. The van der Waals surface area contributed by atoms with Crippen molar-refractivity contribution in [2.75, 3.05) is 6.54 Å². The summed E-state index contributed by atoms with van der Waals surface area (Å²) in [5, 5.41) is 7.60. The minimum atomic E-state index is -0.968. The molecule has 0 unspecified atom stereocenters. The Balaban J connectivity index is -0.0000000106. The average molecular weight is 328 g/mol. The molecule has 0 aliphatic rings. The molecule has 23 heavy (non-hydrogen) atoms. The second-order valence-electron chi connectivity index (χ2n) is 0.598. The van der Waals surface area contributed by atoms with Crippen LogP contribution in [-0.2, 0) is 4.79 Å². The van der Waals surface area contributed by atoms with Gasteiger partial charge in [0.2, 0.25) is 0 Å². The lowest BCUT2D eigenvalue weighted by atomic mass is 10.7. The standard InChI is InChI=1S/C2H5NO2.9C2H4/c3-1-2(4)5;9*1-2/h1,3H2,(H,4,5);9*1-2H2. The molecule has 0 bridgehead atoms. The zero-order valence-corrected chi connectivity index (χ0v) is 15.4. The third kappa shape index (κ3) is 6730. The van der Waals surface area contributed by atoms with Gasteiger partial charge in [-0.15, -0.1) is 118 Å². The van der Waals surface area contributed by atoms with E-state index < -0.39 is 5.97 Å². The number of hydrogen-bond acceptors (Lipinski definition) is 2. The molecule has 3 nitrogen and oxygen atoms in total. The first-order valence-electron chi connectivity index (χ1n) is 5.69. The van der Waals surface area contributed by atoms with E-state index in [2.05, 4.69) is 124 Å². The predicted octanol–water partition coefficient (Wildman–Crippen LogP) is 6.25. The number of carboxylic acid groups (broad SMARTS) is 1. The molecule has 0 aromatic rings. The molecule has 0 aromatic carbocycles. The zero-order chi connectivity index (χ0) is 22.3. The van der Waals surface area contributed by atoms with E-state index in [0.29, 0.717) is 0 Å². The van der Waals surface area contributed by atoms with Gasteiger partial charge >= 0.3 is 5.97 Å². The zero-order valence-electron chi connectivity index (χ0n) is 15.4. The Morgan fingerprint density at radius 2 is 0.565 bits per heavy atom. The van der Waals surface area contributed by atoms with Crippen LogP contribution in [0.4, 0.5) is 0 Å². The van der Waals surface area contributed by atoms with Crippen LogP contribution in [0.15, 0.2) is 118 Å². The fraction of sp³-hybridized carbons (Fsp3) is 0.0500. The van der Waals surface area contributed by atoms with Gasteiger partial charge in [0.1, 0.15) is 0 Å². The van der Waals surface area contributed by atoms with E-state index in [1.54, 1.807) is 0 Å². The van der Waals surface area contributed by atoms with Gasteiger partial charge in [-0.3, -0.25) is 4.79 Å². The van der Waals surface area contributed by atoms with Crippen LogP contribution in [-0.4, -0.2) is 17.6 Å². The maximum Gasteiger partial charge on any atom is 0.317 e. The number of hydrogen-bond donors (Lipinski definition) is 2. The highest BCUT2D eigenvalue weighted by atomic mass is 16.4.